The Kier molecular flexibility index (Phi) is 4.29. The minimum Gasteiger partial charge on any atom is -0.457 e. The molecule has 1 rings (SSSR count). The van der Waals surface area contributed by atoms with E-state index in [-0.39, 0.29) is 5.97 Å². The van der Waals surface area contributed by atoms with Crippen LogP contribution in [-0.4, -0.2) is 11.6 Å². The van der Waals surface area contributed by atoms with Crippen LogP contribution in [0.15, 0.2) is 36.4 Å². The van der Waals surface area contributed by atoms with Gasteiger partial charge in [-0.1, -0.05) is 37.3 Å². The van der Waals surface area contributed by atoms with Gasteiger partial charge in [0, 0.05) is 6.08 Å². The molecule has 0 saturated carbocycles. The Morgan fingerprint density at radius 3 is 2.50 bits per heavy atom. The van der Waals surface area contributed by atoms with Crippen molar-refractivity contribution in [2.24, 2.45) is 0 Å². The smallest absolute Gasteiger partial charge is 0.331 e. The Morgan fingerprint density at radius 1 is 1.31 bits per heavy atom. The van der Waals surface area contributed by atoms with Gasteiger partial charge in [-0.05, 0) is 31.9 Å². The normalized spacial score (nSPS) is 11.7. The van der Waals surface area contributed by atoms with Crippen molar-refractivity contribution >= 4 is 12.0 Å². The van der Waals surface area contributed by atoms with E-state index in [9.17, 15) is 4.79 Å². The fourth-order valence-corrected chi connectivity index (χ4v) is 1.11. The summed E-state index contributed by atoms with van der Waals surface area (Å²) in [6.07, 6.45) is 4.03. The lowest BCUT2D eigenvalue weighted by molar-refractivity contribution is -0.150. The molecule has 2 nitrogen and oxygen atoms in total. The number of benzene rings is 1. The average molecular weight is 218 g/mol. The predicted molar refractivity (Wildman–Crippen MR) is 65.9 cm³/mol. The van der Waals surface area contributed by atoms with Crippen molar-refractivity contribution in [3.05, 3.63) is 42.0 Å². The molecule has 16 heavy (non-hydrogen) atoms. The Bertz CT molecular complexity index is 364. The maximum atomic E-state index is 11.5. The molecule has 0 heterocycles. The van der Waals surface area contributed by atoms with E-state index in [1.807, 2.05) is 51.1 Å². The minimum absolute atomic E-state index is 0.296. The number of carbonyl (C=O) groups excluding carboxylic acids is 1. The first-order valence-corrected chi connectivity index (χ1v) is 5.49. The Labute approximate surface area is 96.9 Å². The van der Waals surface area contributed by atoms with Crippen LogP contribution in [0.4, 0.5) is 0 Å². The summed E-state index contributed by atoms with van der Waals surface area (Å²) < 4.78 is 5.28. The van der Waals surface area contributed by atoms with Crippen LogP contribution in [0.2, 0.25) is 0 Å². The first kappa shape index (κ1) is 12.5. The zero-order valence-corrected chi connectivity index (χ0v) is 10.1. The Balaban J connectivity index is 2.56. The zero-order chi connectivity index (χ0) is 12.0. The maximum Gasteiger partial charge on any atom is 0.331 e. The highest BCUT2D eigenvalue weighted by atomic mass is 16.6. The molecule has 0 aliphatic rings. The third kappa shape index (κ3) is 4.30. The van der Waals surface area contributed by atoms with Gasteiger partial charge in [0.1, 0.15) is 5.60 Å². The third-order valence-corrected chi connectivity index (χ3v) is 2.44. The van der Waals surface area contributed by atoms with Gasteiger partial charge in [-0.15, -0.1) is 0 Å². The fraction of sp³-hybridized carbons (Fsp3) is 0.357. The summed E-state index contributed by atoms with van der Waals surface area (Å²) in [5.41, 5.74) is 0.603. The molecule has 0 bridgehead atoms. The van der Waals surface area contributed by atoms with Gasteiger partial charge in [0.05, 0.1) is 0 Å². The highest BCUT2D eigenvalue weighted by Gasteiger charge is 2.18. The van der Waals surface area contributed by atoms with Crippen LogP contribution >= 0.6 is 0 Å². The number of ether oxygens (including phenoxy) is 1. The van der Waals surface area contributed by atoms with Gasteiger partial charge in [0.15, 0.2) is 0 Å². The number of hydrogen-bond acceptors (Lipinski definition) is 2. The van der Waals surface area contributed by atoms with Crippen molar-refractivity contribution in [1.29, 1.82) is 0 Å². The molecule has 0 radical (unpaired) electrons. The summed E-state index contributed by atoms with van der Waals surface area (Å²) in [5, 5.41) is 0. The summed E-state index contributed by atoms with van der Waals surface area (Å²) in [4.78, 5) is 11.5. The van der Waals surface area contributed by atoms with Crippen LogP contribution in [0, 0.1) is 0 Å². The topological polar surface area (TPSA) is 26.3 Å². The van der Waals surface area contributed by atoms with Gasteiger partial charge in [0.25, 0.3) is 0 Å². The molecular weight excluding hydrogens is 200 g/mol. The molecule has 2 heteroatoms. The van der Waals surface area contributed by atoms with Crippen LogP contribution in [0.3, 0.4) is 0 Å². The van der Waals surface area contributed by atoms with Crippen molar-refractivity contribution in [2.75, 3.05) is 0 Å². The van der Waals surface area contributed by atoms with Crippen LogP contribution in [-0.2, 0) is 9.53 Å². The van der Waals surface area contributed by atoms with E-state index in [4.69, 9.17) is 4.74 Å². The van der Waals surface area contributed by atoms with Gasteiger partial charge in [-0.3, -0.25) is 0 Å². The molecule has 0 amide bonds. The molecular formula is C14H18O2. The standard InChI is InChI=1S/C14H18O2/c1-4-14(2,3)16-13(15)11-10-12-8-6-5-7-9-12/h5-11H,4H2,1-3H3. The third-order valence-electron chi connectivity index (χ3n) is 2.44. The fourth-order valence-electron chi connectivity index (χ4n) is 1.11. The first-order chi connectivity index (χ1) is 7.53. The SMILES string of the molecule is CCC(C)(C)OC(=O)C=Cc1ccccc1. The van der Waals surface area contributed by atoms with E-state index in [1.54, 1.807) is 6.08 Å². The van der Waals surface area contributed by atoms with Crippen molar-refractivity contribution in [1.82, 2.24) is 0 Å². The molecule has 1 aromatic rings. The van der Waals surface area contributed by atoms with E-state index < -0.39 is 5.60 Å². The van der Waals surface area contributed by atoms with E-state index in [0.29, 0.717) is 0 Å². The molecule has 0 N–H and O–H groups in total. The van der Waals surface area contributed by atoms with Crippen molar-refractivity contribution in [3.63, 3.8) is 0 Å². The monoisotopic (exact) mass is 218 g/mol. The van der Waals surface area contributed by atoms with Gasteiger partial charge in [0.2, 0.25) is 0 Å². The van der Waals surface area contributed by atoms with Gasteiger partial charge < -0.3 is 4.74 Å². The Morgan fingerprint density at radius 2 is 1.94 bits per heavy atom. The van der Waals surface area contributed by atoms with Gasteiger partial charge in [-0.2, -0.15) is 0 Å². The van der Waals surface area contributed by atoms with Crippen molar-refractivity contribution in [3.8, 4) is 0 Å². The minimum atomic E-state index is -0.391. The quantitative estimate of drug-likeness (QED) is 0.571. The number of hydrogen-bond donors (Lipinski definition) is 0. The second-order valence-electron chi connectivity index (χ2n) is 4.28. The van der Waals surface area contributed by atoms with E-state index in [2.05, 4.69) is 0 Å². The maximum absolute atomic E-state index is 11.5. The molecule has 0 saturated heterocycles. The first-order valence-electron chi connectivity index (χ1n) is 5.49. The Hall–Kier alpha value is -1.57. The van der Waals surface area contributed by atoms with Crippen LogP contribution < -0.4 is 0 Å². The number of esters is 1. The average Bonchev–Trinajstić information content (AvgIpc) is 2.27. The second kappa shape index (κ2) is 5.50. The van der Waals surface area contributed by atoms with Crippen LogP contribution in [0.25, 0.3) is 6.08 Å². The molecule has 0 fully saturated rings. The molecule has 0 atom stereocenters. The van der Waals surface area contributed by atoms with Crippen molar-refractivity contribution < 1.29 is 9.53 Å². The summed E-state index contributed by atoms with van der Waals surface area (Å²) in [6, 6.07) is 9.68. The lowest BCUT2D eigenvalue weighted by atomic mass is 10.1. The highest BCUT2D eigenvalue weighted by molar-refractivity contribution is 5.87. The molecule has 1 aromatic carbocycles. The molecule has 0 aliphatic heterocycles. The molecule has 0 aliphatic carbocycles. The number of rotatable bonds is 4. The lowest BCUT2D eigenvalue weighted by Crippen LogP contribution is -2.25. The summed E-state index contributed by atoms with van der Waals surface area (Å²) in [5.74, 6) is -0.296. The highest BCUT2D eigenvalue weighted by Crippen LogP contribution is 2.14. The van der Waals surface area contributed by atoms with Crippen LogP contribution in [0.1, 0.15) is 32.8 Å². The summed E-state index contributed by atoms with van der Waals surface area (Å²) in [7, 11) is 0. The number of carbonyl (C=O) groups is 1. The second-order valence-corrected chi connectivity index (χ2v) is 4.28. The summed E-state index contributed by atoms with van der Waals surface area (Å²) in [6.45, 7) is 5.80. The van der Waals surface area contributed by atoms with E-state index in [0.717, 1.165) is 12.0 Å². The predicted octanol–water partition coefficient (Wildman–Crippen LogP) is 3.43. The van der Waals surface area contributed by atoms with E-state index >= 15 is 0 Å². The largest absolute Gasteiger partial charge is 0.457 e. The summed E-state index contributed by atoms with van der Waals surface area (Å²) >= 11 is 0. The van der Waals surface area contributed by atoms with Crippen LogP contribution in [0.5, 0.6) is 0 Å². The van der Waals surface area contributed by atoms with Crippen molar-refractivity contribution in [2.45, 2.75) is 32.8 Å². The molecule has 86 valence electrons. The zero-order valence-electron chi connectivity index (χ0n) is 10.1. The molecule has 0 unspecified atom stereocenters. The van der Waals surface area contributed by atoms with Gasteiger partial charge in [-0.25, -0.2) is 4.79 Å². The molecule has 0 spiro atoms. The van der Waals surface area contributed by atoms with Gasteiger partial charge >= 0.3 is 5.97 Å². The van der Waals surface area contributed by atoms with E-state index in [1.165, 1.54) is 6.08 Å². The lowest BCUT2D eigenvalue weighted by Gasteiger charge is -2.22. The molecule has 0 aromatic heterocycles.